The summed E-state index contributed by atoms with van der Waals surface area (Å²) in [5.74, 6) is 1.12. The van der Waals surface area contributed by atoms with Crippen molar-refractivity contribution in [1.29, 1.82) is 0 Å². The predicted octanol–water partition coefficient (Wildman–Crippen LogP) is 1.97. The first-order valence-corrected chi connectivity index (χ1v) is 10.0. The van der Waals surface area contributed by atoms with Gasteiger partial charge in [0.25, 0.3) is 5.91 Å². The van der Waals surface area contributed by atoms with Crippen LogP contribution in [-0.2, 0) is 4.79 Å². The van der Waals surface area contributed by atoms with Gasteiger partial charge in [0.05, 0.1) is 5.56 Å². The topological polar surface area (TPSA) is 73.7 Å². The van der Waals surface area contributed by atoms with Gasteiger partial charge in [0.15, 0.2) is 0 Å². The van der Waals surface area contributed by atoms with Gasteiger partial charge < -0.3 is 14.9 Å². The van der Waals surface area contributed by atoms with E-state index in [1.807, 2.05) is 42.7 Å². The maximum absolute atomic E-state index is 12.8. The number of rotatable bonds is 4. The van der Waals surface area contributed by atoms with Gasteiger partial charge >= 0.3 is 0 Å². The zero-order valence-corrected chi connectivity index (χ0v) is 16.6. The number of aliphatic hydroxyl groups is 1. The van der Waals surface area contributed by atoms with Crippen molar-refractivity contribution in [2.24, 2.45) is 23.7 Å². The number of nitrogens with zero attached hydrogens (tertiary/aromatic N) is 3. The molecule has 2 atom stereocenters. The Kier molecular flexibility index (Phi) is 6.15. The van der Waals surface area contributed by atoms with E-state index in [0.717, 1.165) is 31.6 Å². The van der Waals surface area contributed by atoms with Crippen molar-refractivity contribution in [1.82, 2.24) is 14.8 Å². The Balaban J connectivity index is 1.62. The molecule has 1 N–H and O–H groups in total. The average Bonchev–Trinajstić information content (AvgIpc) is 3.12. The smallest absolute Gasteiger partial charge is 0.255 e. The molecule has 1 aromatic heterocycles. The molecule has 6 heteroatoms. The lowest BCUT2D eigenvalue weighted by Gasteiger charge is -2.37. The minimum absolute atomic E-state index is 0.00382. The van der Waals surface area contributed by atoms with Crippen molar-refractivity contribution in [3.63, 3.8) is 0 Å². The van der Waals surface area contributed by atoms with E-state index < -0.39 is 0 Å². The Labute approximate surface area is 161 Å². The minimum Gasteiger partial charge on any atom is -0.396 e. The normalized spacial score (nSPS) is 23.9. The number of carbonyl (C=O) groups excluding carboxylic acids is 2. The van der Waals surface area contributed by atoms with Crippen LogP contribution in [0.2, 0.25) is 0 Å². The first kappa shape index (κ1) is 19.8. The third-order valence-corrected chi connectivity index (χ3v) is 6.12. The lowest BCUT2D eigenvalue weighted by molar-refractivity contribution is -0.136. The monoisotopic (exact) mass is 373 g/mol. The Morgan fingerprint density at radius 1 is 1.19 bits per heavy atom. The average molecular weight is 373 g/mol. The van der Waals surface area contributed by atoms with Crippen LogP contribution in [0.3, 0.4) is 0 Å². The Morgan fingerprint density at radius 2 is 1.89 bits per heavy atom. The molecule has 3 rings (SSSR count). The summed E-state index contributed by atoms with van der Waals surface area (Å²) in [6.07, 6.45) is 3.54. The van der Waals surface area contributed by atoms with Gasteiger partial charge in [-0.25, -0.2) is 0 Å². The zero-order valence-electron chi connectivity index (χ0n) is 16.6. The molecular formula is C21H31N3O3. The lowest BCUT2D eigenvalue weighted by atomic mass is 9.78. The summed E-state index contributed by atoms with van der Waals surface area (Å²) in [4.78, 5) is 33.1. The number of pyridine rings is 1. The van der Waals surface area contributed by atoms with Crippen LogP contribution in [0.15, 0.2) is 18.3 Å². The van der Waals surface area contributed by atoms with Crippen molar-refractivity contribution in [2.45, 2.75) is 33.6 Å². The summed E-state index contributed by atoms with van der Waals surface area (Å²) in [5.41, 5.74) is 1.50. The number of carbonyl (C=O) groups is 2. The molecule has 0 unspecified atom stereocenters. The van der Waals surface area contributed by atoms with E-state index in [-0.39, 0.29) is 30.3 Å². The molecule has 2 aliphatic heterocycles. The molecule has 0 radical (unpaired) electrons. The highest BCUT2D eigenvalue weighted by atomic mass is 16.3. The van der Waals surface area contributed by atoms with Gasteiger partial charge in [-0.3, -0.25) is 14.6 Å². The van der Waals surface area contributed by atoms with Crippen LogP contribution in [-0.4, -0.2) is 64.5 Å². The zero-order chi connectivity index (χ0) is 19.6. The molecule has 0 saturated carbocycles. The number of piperidine rings is 1. The molecule has 27 heavy (non-hydrogen) atoms. The Bertz CT molecular complexity index is 666. The summed E-state index contributed by atoms with van der Waals surface area (Å²) < 4.78 is 0. The molecule has 2 fully saturated rings. The van der Waals surface area contributed by atoms with Crippen LogP contribution in [0.5, 0.6) is 0 Å². The van der Waals surface area contributed by atoms with Crippen LogP contribution < -0.4 is 0 Å². The van der Waals surface area contributed by atoms with E-state index in [2.05, 4.69) is 4.98 Å². The largest absolute Gasteiger partial charge is 0.396 e. The van der Waals surface area contributed by atoms with Crippen LogP contribution in [0, 0.1) is 30.6 Å². The molecule has 0 bridgehead atoms. The summed E-state index contributed by atoms with van der Waals surface area (Å²) in [7, 11) is 0. The standard InChI is InChI=1S/C21H31N3O3/c1-14(2)20(26)23-8-6-16(7-9-23)19-12-24(11-18(19)13-25)21(27)17-5-4-15(3)22-10-17/h4-5,10,14,16,18-19,25H,6-9,11-13H2,1-3H3/t18-,19-/m0/s1. The number of amides is 2. The van der Waals surface area contributed by atoms with Crippen molar-refractivity contribution < 1.29 is 14.7 Å². The Morgan fingerprint density at radius 3 is 2.44 bits per heavy atom. The maximum Gasteiger partial charge on any atom is 0.255 e. The molecule has 0 aromatic carbocycles. The van der Waals surface area contributed by atoms with Gasteiger partial charge in [0, 0.05) is 56.5 Å². The van der Waals surface area contributed by atoms with Gasteiger partial charge in [0.1, 0.15) is 0 Å². The van der Waals surface area contributed by atoms with Crippen molar-refractivity contribution >= 4 is 11.8 Å². The van der Waals surface area contributed by atoms with Gasteiger partial charge in [-0.15, -0.1) is 0 Å². The molecule has 1 aromatic rings. The quantitative estimate of drug-likeness (QED) is 0.876. The highest BCUT2D eigenvalue weighted by Crippen LogP contribution is 2.36. The molecule has 6 nitrogen and oxygen atoms in total. The van der Waals surface area contributed by atoms with Crippen molar-refractivity contribution in [3.8, 4) is 0 Å². The number of aliphatic hydroxyl groups excluding tert-OH is 1. The van der Waals surface area contributed by atoms with E-state index in [1.165, 1.54) is 0 Å². The van der Waals surface area contributed by atoms with E-state index in [0.29, 0.717) is 30.5 Å². The lowest BCUT2D eigenvalue weighted by Crippen LogP contribution is -2.43. The van der Waals surface area contributed by atoms with Gasteiger partial charge in [-0.1, -0.05) is 13.8 Å². The van der Waals surface area contributed by atoms with E-state index in [4.69, 9.17) is 0 Å². The van der Waals surface area contributed by atoms with Crippen molar-refractivity contribution in [2.75, 3.05) is 32.8 Å². The highest BCUT2D eigenvalue weighted by molar-refractivity contribution is 5.94. The molecule has 0 spiro atoms. The predicted molar refractivity (Wildman–Crippen MR) is 103 cm³/mol. The summed E-state index contributed by atoms with van der Waals surface area (Å²) in [6, 6.07) is 3.67. The second kappa shape index (κ2) is 8.38. The molecule has 2 amide bonds. The Hall–Kier alpha value is -1.95. The summed E-state index contributed by atoms with van der Waals surface area (Å²) in [5, 5.41) is 9.87. The fourth-order valence-corrected chi connectivity index (χ4v) is 4.48. The molecule has 3 heterocycles. The number of hydrogen-bond donors (Lipinski definition) is 1. The summed E-state index contributed by atoms with van der Waals surface area (Å²) >= 11 is 0. The maximum atomic E-state index is 12.8. The molecule has 2 aliphatic rings. The van der Waals surface area contributed by atoms with Crippen LogP contribution in [0.1, 0.15) is 42.7 Å². The number of aromatic nitrogens is 1. The molecule has 0 aliphatic carbocycles. The minimum atomic E-state index is -0.00382. The van der Waals surface area contributed by atoms with Gasteiger partial charge in [-0.2, -0.15) is 0 Å². The van der Waals surface area contributed by atoms with E-state index in [1.54, 1.807) is 6.20 Å². The molecule has 2 saturated heterocycles. The number of aryl methyl sites for hydroxylation is 1. The SMILES string of the molecule is Cc1ccc(C(=O)N2C[C@@H](CO)[C@H](C3CCN(C(=O)C(C)C)CC3)C2)cn1. The molecule has 148 valence electrons. The third-order valence-electron chi connectivity index (χ3n) is 6.12. The van der Waals surface area contributed by atoms with Crippen LogP contribution >= 0.6 is 0 Å². The molecular weight excluding hydrogens is 342 g/mol. The van der Waals surface area contributed by atoms with Gasteiger partial charge in [-0.05, 0) is 43.7 Å². The first-order valence-electron chi connectivity index (χ1n) is 10.0. The second-order valence-electron chi connectivity index (χ2n) is 8.32. The fraction of sp³-hybridized carbons (Fsp3) is 0.667. The second-order valence-corrected chi connectivity index (χ2v) is 8.32. The number of hydrogen-bond acceptors (Lipinski definition) is 4. The van der Waals surface area contributed by atoms with E-state index in [9.17, 15) is 14.7 Å². The fourth-order valence-electron chi connectivity index (χ4n) is 4.48. The third kappa shape index (κ3) is 4.32. The number of likely N-dealkylation sites (tertiary alicyclic amines) is 2. The van der Waals surface area contributed by atoms with Crippen LogP contribution in [0.25, 0.3) is 0 Å². The van der Waals surface area contributed by atoms with Crippen molar-refractivity contribution in [3.05, 3.63) is 29.6 Å². The summed E-state index contributed by atoms with van der Waals surface area (Å²) in [6.45, 7) is 8.73. The van der Waals surface area contributed by atoms with E-state index >= 15 is 0 Å². The van der Waals surface area contributed by atoms with Crippen LogP contribution in [0.4, 0.5) is 0 Å². The van der Waals surface area contributed by atoms with Gasteiger partial charge in [0.2, 0.25) is 5.91 Å². The highest BCUT2D eigenvalue weighted by Gasteiger charge is 2.41. The first-order chi connectivity index (χ1) is 12.9.